The van der Waals surface area contributed by atoms with Crippen LogP contribution in [0.3, 0.4) is 0 Å². The molecule has 0 saturated carbocycles. The Bertz CT molecular complexity index is 291. The van der Waals surface area contributed by atoms with Gasteiger partial charge in [0.2, 0.25) is 0 Å². The van der Waals surface area contributed by atoms with Crippen molar-refractivity contribution in [1.29, 1.82) is 0 Å². The molecule has 0 fully saturated rings. The fraction of sp³-hybridized carbons (Fsp3) is 0.444. The molecular weight excluding hydrogens is 250 g/mol. The Hall–Kier alpha value is -1.08. The van der Waals surface area contributed by atoms with Crippen molar-refractivity contribution in [3.8, 4) is 0 Å². The topological polar surface area (TPSA) is 64.6 Å². The van der Waals surface area contributed by atoms with Crippen molar-refractivity contribution in [2.75, 3.05) is 26.5 Å². The molecule has 0 aromatic rings. The van der Waals surface area contributed by atoms with Crippen molar-refractivity contribution < 1.29 is 19.1 Å². The monoisotopic (exact) mass is 263 g/mol. The van der Waals surface area contributed by atoms with Crippen LogP contribution < -0.4 is 5.32 Å². The van der Waals surface area contributed by atoms with Gasteiger partial charge in [-0.3, -0.25) is 0 Å². The van der Waals surface area contributed by atoms with E-state index in [1.54, 1.807) is 0 Å². The predicted octanol–water partition coefficient (Wildman–Crippen LogP) is 0.496. The summed E-state index contributed by atoms with van der Waals surface area (Å²) in [6.07, 6.45) is 3.86. The highest BCUT2D eigenvalue weighted by Gasteiger charge is 1.99. The Kier molecular flexibility index (Phi) is 8.55. The highest BCUT2D eigenvalue weighted by Crippen LogP contribution is 1.92. The van der Waals surface area contributed by atoms with Crippen LogP contribution in [-0.2, 0) is 19.1 Å². The number of ether oxygens (including phenoxy) is 2. The van der Waals surface area contributed by atoms with Crippen LogP contribution in [0.1, 0.15) is 0 Å². The van der Waals surface area contributed by atoms with Crippen molar-refractivity contribution in [3.63, 3.8) is 0 Å². The number of hydrogen-bond acceptors (Lipinski definition) is 6. The van der Waals surface area contributed by atoms with Crippen molar-refractivity contribution in [1.82, 2.24) is 5.32 Å². The van der Waals surface area contributed by atoms with Crippen molar-refractivity contribution in [2.45, 2.75) is 0 Å². The Morgan fingerprint density at radius 3 is 2.56 bits per heavy atom. The second-order valence-corrected chi connectivity index (χ2v) is 3.93. The van der Waals surface area contributed by atoms with Gasteiger partial charge in [0, 0.05) is 12.2 Å². The van der Waals surface area contributed by atoms with Crippen LogP contribution in [0.2, 0.25) is 0 Å². The van der Waals surface area contributed by atoms with Crippen molar-refractivity contribution in [3.05, 3.63) is 12.2 Å². The Morgan fingerprint density at radius 1 is 1.38 bits per heavy atom. The molecule has 0 atom stereocenters. The molecule has 1 N–H and O–H groups in total. The van der Waals surface area contributed by atoms with Gasteiger partial charge >= 0.3 is 11.9 Å². The molecule has 0 heterocycles. The highest BCUT2D eigenvalue weighted by molar-refractivity contribution is 8.22. The minimum atomic E-state index is -0.598. The number of carbonyl (C=O) groups is 2. The molecule has 0 spiro atoms. The van der Waals surface area contributed by atoms with Crippen LogP contribution in [0.15, 0.2) is 12.2 Å². The first-order chi connectivity index (χ1) is 7.60. The average molecular weight is 263 g/mol. The number of hydrogen-bond donors (Lipinski definition) is 1. The lowest BCUT2D eigenvalue weighted by atomic mass is 10.5. The SMILES string of the molecule is COC(=O)/C=C/C(=O)OCCNC(=S)SC. The minimum absolute atomic E-state index is 0.186. The molecule has 0 radical (unpaired) electrons. The summed E-state index contributed by atoms with van der Waals surface area (Å²) in [5.41, 5.74) is 0. The lowest BCUT2D eigenvalue weighted by Crippen LogP contribution is -2.23. The maximum Gasteiger partial charge on any atom is 0.331 e. The zero-order valence-electron chi connectivity index (χ0n) is 9.02. The Balaban J connectivity index is 3.62. The van der Waals surface area contributed by atoms with Crippen molar-refractivity contribution >= 4 is 40.2 Å². The second kappa shape index (κ2) is 9.17. The maximum absolute atomic E-state index is 11.0. The molecule has 0 aliphatic carbocycles. The number of thiocarbonyl (C=S) groups is 1. The number of rotatable bonds is 5. The smallest absolute Gasteiger partial charge is 0.331 e. The molecule has 5 nitrogen and oxygen atoms in total. The van der Waals surface area contributed by atoms with E-state index in [4.69, 9.17) is 17.0 Å². The van der Waals surface area contributed by atoms with Gasteiger partial charge in [0.15, 0.2) is 0 Å². The fourth-order valence-corrected chi connectivity index (χ4v) is 0.978. The lowest BCUT2D eigenvalue weighted by molar-refractivity contribution is -0.139. The number of esters is 2. The van der Waals surface area contributed by atoms with E-state index in [0.29, 0.717) is 10.9 Å². The molecule has 7 heteroatoms. The van der Waals surface area contributed by atoms with Crippen LogP contribution in [0.5, 0.6) is 0 Å². The Morgan fingerprint density at radius 2 is 2.00 bits per heavy atom. The highest BCUT2D eigenvalue weighted by atomic mass is 32.2. The summed E-state index contributed by atoms with van der Waals surface area (Å²) >= 11 is 6.28. The van der Waals surface area contributed by atoms with Gasteiger partial charge in [-0.15, -0.1) is 11.8 Å². The first-order valence-electron chi connectivity index (χ1n) is 4.34. The molecule has 0 aliphatic rings. The lowest BCUT2D eigenvalue weighted by Gasteiger charge is -2.04. The van der Waals surface area contributed by atoms with E-state index in [-0.39, 0.29) is 6.61 Å². The van der Waals surface area contributed by atoms with Gasteiger partial charge in [-0.2, -0.15) is 0 Å². The van der Waals surface area contributed by atoms with Crippen LogP contribution in [0.4, 0.5) is 0 Å². The molecule has 0 saturated heterocycles. The normalized spacial score (nSPS) is 9.88. The molecule has 0 aromatic carbocycles. The number of methoxy groups -OCH3 is 1. The van der Waals surface area contributed by atoms with E-state index < -0.39 is 11.9 Å². The van der Waals surface area contributed by atoms with Crippen LogP contribution in [-0.4, -0.2) is 42.8 Å². The van der Waals surface area contributed by atoms with Gasteiger partial charge in [0.05, 0.1) is 13.7 Å². The fourth-order valence-electron chi connectivity index (χ4n) is 0.629. The molecule has 0 aromatic heterocycles. The second-order valence-electron chi connectivity index (χ2n) is 2.44. The Labute approximate surface area is 104 Å². The summed E-state index contributed by atoms with van der Waals surface area (Å²) < 4.78 is 9.71. The largest absolute Gasteiger partial charge is 0.466 e. The summed E-state index contributed by atoms with van der Waals surface area (Å²) in [7, 11) is 1.23. The molecular formula is C9H13NO4S2. The van der Waals surface area contributed by atoms with Gasteiger partial charge < -0.3 is 14.8 Å². The van der Waals surface area contributed by atoms with Crippen LogP contribution in [0.25, 0.3) is 0 Å². The zero-order valence-corrected chi connectivity index (χ0v) is 10.7. The molecule has 0 rings (SSSR count). The first-order valence-corrected chi connectivity index (χ1v) is 5.98. The molecule has 0 amide bonds. The molecule has 90 valence electrons. The van der Waals surface area contributed by atoms with E-state index in [2.05, 4.69) is 10.1 Å². The van der Waals surface area contributed by atoms with Gasteiger partial charge in [0.1, 0.15) is 10.9 Å². The average Bonchev–Trinajstić information content (AvgIpc) is 2.31. The molecule has 0 bridgehead atoms. The first kappa shape index (κ1) is 14.9. The van der Waals surface area contributed by atoms with Gasteiger partial charge in [0.25, 0.3) is 0 Å². The summed E-state index contributed by atoms with van der Waals surface area (Å²) in [6, 6.07) is 0. The quantitative estimate of drug-likeness (QED) is 0.335. The zero-order chi connectivity index (χ0) is 12.4. The summed E-state index contributed by atoms with van der Waals surface area (Å²) in [5, 5.41) is 2.87. The van der Waals surface area contributed by atoms with Gasteiger partial charge in [-0.25, -0.2) is 9.59 Å². The number of nitrogens with one attached hydrogen (secondary N) is 1. The van der Waals surface area contributed by atoms with Gasteiger partial charge in [-0.05, 0) is 6.26 Å². The third kappa shape index (κ3) is 8.25. The maximum atomic E-state index is 11.0. The van der Waals surface area contributed by atoms with Gasteiger partial charge in [-0.1, -0.05) is 12.2 Å². The van der Waals surface area contributed by atoms with E-state index >= 15 is 0 Å². The summed E-state index contributed by atoms with van der Waals surface area (Å²) in [4.78, 5) is 21.6. The third-order valence-corrected chi connectivity index (χ3v) is 2.52. The van der Waals surface area contributed by atoms with Crippen LogP contribution in [0, 0.1) is 0 Å². The number of carbonyl (C=O) groups excluding carboxylic acids is 2. The minimum Gasteiger partial charge on any atom is -0.466 e. The standard InChI is InChI=1S/C9H13NO4S2/c1-13-7(11)3-4-8(12)14-6-5-10-9(15)16-2/h3-4H,5-6H2,1-2H3,(H,10,15)/b4-3+. The summed E-state index contributed by atoms with van der Waals surface area (Å²) in [5.74, 6) is -1.19. The molecule has 0 aliphatic heterocycles. The summed E-state index contributed by atoms with van der Waals surface area (Å²) in [6.45, 7) is 0.628. The van der Waals surface area contributed by atoms with Crippen LogP contribution >= 0.6 is 24.0 Å². The predicted molar refractivity (Wildman–Crippen MR) is 66.2 cm³/mol. The number of thioether (sulfide) groups is 1. The van der Waals surface area contributed by atoms with E-state index in [1.807, 2.05) is 6.26 Å². The third-order valence-electron chi connectivity index (χ3n) is 1.36. The molecule has 16 heavy (non-hydrogen) atoms. The van der Waals surface area contributed by atoms with E-state index in [1.165, 1.54) is 18.9 Å². The van der Waals surface area contributed by atoms with E-state index in [0.717, 1.165) is 12.2 Å². The van der Waals surface area contributed by atoms with Crippen molar-refractivity contribution in [2.24, 2.45) is 0 Å². The van der Waals surface area contributed by atoms with E-state index in [9.17, 15) is 9.59 Å². The molecule has 0 unspecified atom stereocenters.